The van der Waals surface area contributed by atoms with Crippen molar-refractivity contribution in [2.24, 2.45) is 11.3 Å². The van der Waals surface area contributed by atoms with Crippen LogP contribution in [0.1, 0.15) is 52.9 Å². The molecule has 90 valence electrons. The van der Waals surface area contributed by atoms with E-state index in [9.17, 15) is 5.11 Å². The molecule has 0 aromatic rings. The van der Waals surface area contributed by atoms with Crippen LogP contribution in [-0.2, 0) is 0 Å². The maximum absolute atomic E-state index is 11.0. The van der Waals surface area contributed by atoms with Crippen molar-refractivity contribution in [1.29, 1.82) is 0 Å². The number of rotatable bonds is 1. The second kappa shape index (κ2) is 3.73. The first-order valence-electron chi connectivity index (χ1n) is 6.44. The van der Waals surface area contributed by atoms with Gasteiger partial charge in [0.05, 0.1) is 5.60 Å². The molecule has 2 rings (SSSR count). The van der Waals surface area contributed by atoms with E-state index in [1.807, 2.05) is 0 Å². The van der Waals surface area contributed by atoms with E-state index in [1.54, 1.807) is 0 Å². The Labute approximate surface area is 99.3 Å². The van der Waals surface area contributed by atoms with Crippen LogP contribution in [0.2, 0.25) is 0 Å². The molecule has 0 aromatic carbocycles. The van der Waals surface area contributed by atoms with Crippen LogP contribution in [0.25, 0.3) is 0 Å². The summed E-state index contributed by atoms with van der Waals surface area (Å²) < 4.78 is 0. The molecule has 2 aliphatic rings. The lowest BCUT2D eigenvalue weighted by atomic mass is 9.54. The maximum atomic E-state index is 11.0. The molecular weight excluding hydrogens is 196 g/mol. The fourth-order valence-electron chi connectivity index (χ4n) is 3.57. The van der Waals surface area contributed by atoms with Gasteiger partial charge >= 0.3 is 0 Å². The zero-order chi connectivity index (χ0) is 12.0. The Bertz CT molecular complexity index is 341. The number of aliphatic hydroxyl groups is 1. The highest BCUT2D eigenvalue weighted by atomic mass is 16.3. The Hall–Kier alpha value is -0.560. The molecule has 1 N–H and O–H groups in total. The summed E-state index contributed by atoms with van der Waals surface area (Å²) in [5.41, 5.74) is 1.94. The first kappa shape index (κ1) is 11.9. The van der Waals surface area contributed by atoms with Gasteiger partial charge in [0.2, 0.25) is 0 Å². The van der Waals surface area contributed by atoms with Gasteiger partial charge in [0, 0.05) is 5.41 Å². The van der Waals surface area contributed by atoms with Crippen LogP contribution in [0.4, 0.5) is 0 Å². The molecular formula is C15H24O. The summed E-state index contributed by atoms with van der Waals surface area (Å²) in [6.45, 7) is 10.5. The predicted octanol–water partition coefficient (Wildman–Crippen LogP) is 3.84. The summed E-state index contributed by atoms with van der Waals surface area (Å²) in [7, 11) is 0. The SMILES string of the molecule is C=C(C)[C@@H]1CC[C@@]2(C)CCC=C(C)[C@]2(O)C1. The molecule has 0 aromatic heterocycles. The van der Waals surface area contributed by atoms with E-state index in [0.29, 0.717) is 5.92 Å². The van der Waals surface area contributed by atoms with Crippen LogP contribution in [0.15, 0.2) is 23.8 Å². The van der Waals surface area contributed by atoms with Gasteiger partial charge in [-0.15, -0.1) is 0 Å². The van der Waals surface area contributed by atoms with Crippen molar-refractivity contribution in [3.8, 4) is 0 Å². The third-order valence-corrected chi connectivity index (χ3v) is 5.08. The lowest BCUT2D eigenvalue weighted by Gasteiger charge is -2.54. The average molecular weight is 220 g/mol. The summed E-state index contributed by atoms with van der Waals surface area (Å²) in [6, 6.07) is 0. The van der Waals surface area contributed by atoms with Crippen LogP contribution in [-0.4, -0.2) is 10.7 Å². The van der Waals surface area contributed by atoms with Crippen molar-refractivity contribution in [3.63, 3.8) is 0 Å². The van der Waals surface area contributed by atoms with Crippen LogP contribution < -0.4 is 0 Å². The van der Waals surface area contributed by atoms with E-state index in [4.69, 9.17) is 0 Å². The van der Waals surface area contributed by atoms with Crippen molar-refractivity contribution in [3.05, 3.63) is 23.8 Å². The molecule has 0 unspecified atom stereocenters. The van der Waals surface area contributed by atoms with Crippen LogP contribution in [0.5, 0.6) is 0 Å². The average Bonchev–Trinajstić information content (AvgIpc) is 2.20. The number of allylic oxidation sites excluding steroid dienone is 2. The summed E-state index contributed by atoms with van der Waals surface area (Å²) in [5.74, 6) is 0.500. The third-order valence-electron chi connectivity index (χ3n) is 5.08. The third kappa shape index (κ3) is 1.57. The van der Waals surface area contributed by atoms with Gasteiger partial charge in [-0.25, -0.2) is 0 Å². The van der Waals surface area contributed by atoms with E-state index in [2.05, 4.69) is 33.4 Å². The molecule has 2 aliphatic carbocycles. The molecule has 1 saturated carbocycles. The molecule has 0 saturated heterocycles. The lowest BCUT2D eigenvalue weighted by molar-refractivity contribution is -0.0974. The standard InChI is InChI=1S/C15H24O/c1-11(2)13-7-9-14(4)8-5-6-12(3)15(14,16)10-13/h6,13,16H,1,5,7-10H2,2-4H3/t13-,14-,15-/m1/s1. The zero-order valence-corrected chi connectivity index (χ0v) is 10.8. The summed E-state index contributed by atoms with van der Waals surface area (Å²) in [6.07, 6.45) is 7.68. The highest BCUT2D eigenvalue weighted by Crippen LogP contribution is 2.55. The van der Waals surface area contributed by atoms with Crippen LogP contribution in [0, 0.1) is 11.3 Å². The monoisotopic (exact) mass is 220 g/mol. The lowest BCUT2D eigenvalue weighted by Crippen LogP contribution is -2.53. The van der Waals surface area contributed by atoms with E-state index >= 15 is 0 Å². The van der Waals surface area contributed by atoms with Gasteiger partial charge in [0.25, 0.3) is 0 Å². The Morgan fingerprint density at radius 2 is 2.19 bits per heavy atom. The molecule has 0 aliphatic heterocycles. The maximum Gasteiger partial charge on any atom is 0.0913 e. The zero-order valence-electron chi connectivity index (χ0n) is 10.8. The topological polar surface area (TPSA) is 20.2 Å². The normalized spacial score (nSPS) is 43.5. The molecule has 0 bridgehead atoms. The molecule has 0 spiro atoms. The van der Waals surface area contributed by atoms with Gasteiger partial charge < -0.3 is 5.11 Å². The summed E-state index contributed by atoms with van der Waals surface area (Å²) in [5, 5.41) is 11.0. The van der Waals surface area contributed by atoms with Crippen molar-refractivity contribution >= 4 is 0 Å². The fraction of sp³-hybridized carbons (Fsp3) is 0.733. The quantitative estimate of drug-likeness (QED) is 0.666. The van der Waals surface area contributed by atoms with E-state index < -0.39 is 5.60 Å². The minimum atomic E-state index is -0.576. The molecule has 0 heterocycles. The van der Waals surface area contributed by atoms with Gasteiger partial charge in [-0.05, 0) is 57.4 Å². The van der Waals surface area contributed by atoms with Gasteiger partial charge in [-0.3, -0.25) is 0 Å². The van der Waals surface area contributed by atoms with Crippen molar-refractivity contribution in [2.45, 2.75) is 58.5 Å². The van der Waals surface area contributed by atoms with Gasteiger partial charge in [-0.1, -0.05) is 25.2 Å². The van der Waals surface area contributed by atoms with E-state index in [-0.39, 0.29) is 5.41 Å². The predicted molar refractivity (Wildman–Crippen MR) is 68.2 cm³/mol. The molecule has 1 nitrogen and oxygen atoms in total. The van der Waals surface area contributed by atoms with Crippen molar-refractivity contribution < 1.29 is 5.11 Å². The minimum Gasteiger partial charge on any atom is -0.385 e. The fourth-order valence-corrected chi connectivity index (χ4v) is 3.57. The first-order chi connectivity index (χ1) is 7.39. The van der Waals surface area contributed by atoms with E-state index in [0.717, 1.165) is 25.7 Å². The highest BCUT2D eigenvalue weighted by Gasteiger charge is 2.52. The highest BCUT2D eigenvalue weighted by molar-refractivity contribution is 5.26. The van der Waals surface area contributed by atoms with Gasteiger partial charge in [0.1, 0.15) is 0 Å². The minimum absolute atomic E-state index is 0.0950. The van der Waals surface area contributed by atoms with Gasteiger partial charge in [0.15, 0.2) is 0 Å². The molecule has 1 heteroatoms. The Kier molecular flexibility index (Phi) is 2.78. The Morgan fingerprint density at radius 1 is 1.50 bits per heavy atom. The second-order valence-corrected chi connectivity index (χ2v) is 6.13. The van der Waals surface area contributed by atoms with E-state index in [1.165, 1.54) is 17.6 Å². The number of fused-ring (bicyclic) bond motifs is 1. The molecule has 0 radical (unpaired) electrons. The summed E-state index contributed by atoms with van der Waals surface area (Å²) in [4.78, 5) is 0. The number of hydrogen-bond acceptors (Lipinski definition) is 1. The smallest absolute Gasteiger partial charge is 0.0913 e. The molecule has 1 fully saturated rings. The molecule has 16 heavy (non-hydrogen) atoms. The summed E-state index contributed by atoms with van der Waals surface area (Å²) >= 11 is 0. The Morgan fingerprint density at radius 3 is 2.81 bits per heavy atom. The van der Waals surface area contributed by atoms with Crippen molar-refractivity contribution in [2.75, 3.05) is 0 Å². The molecule has 3 atom stereocenters. The van der Waals surface area contributed by atoms with Crippen LogP contribution in [0.3, 0.4) is 0 Å². The second-order valence-electron chi connectivity index (χ2n) is 6.13. The van der Waals surface area contributed by atoms with Gasteiger partial charge in [-0.2, -0.15) is 0 Å². The largest absolute Gasteiger partial charge is 0.385 e. The molecule has 0 amide bonds. The first-order valence-corrected chi connectivity index (χ1v) is 6.44. The Balaban J connectivity index is 2.33. The van der Waals surface area contributed by atoms with Crippen LogP contribution >= 0.6 is 0 Å². The number of hydrogen-bond donors (Lipinski definition) is 1. The van der Waals surface area contributed by atoms with Crippen molar-refractivity contribution in [1.82, 2.24) is 0 Å².